The highest BCUT2D eigenvalue weighted by Gasteiger charge is 2.14. The SMILES string of the molecule is O=C(O)CCCCCNC(=O)COc1ccccc1[N+](=O)[O-]. The summed E-state index contributed by atoms with van der Waals surface area (Å²) in [6.45, 7) is 0.110. The molecule has 0 aliphatic rings. The first-order valence-electron chi connectivity index (χ1n) is 6.85. The number of hydrogen-bond donors (Lipinski definition) is 2. The summed E-state index contributed by atoms with van der Waals surface area (Å²) in [6.07, 6.45) is 2.06. The summed E-state index contributed by atoms with van der Waals surface area (Å²) in [6, 6.07) is 5.83. The van der Waals surface area contributed by atoms with Crippen molar-refractivity contribution >= 4 is 17.6 Å². The van der Waals surface area contributed by atoms with Crippen LogP contribution in [-0.2, 0) is 9.59 Å². The highest BCUT2D eigenvalue weighted by Crippen LogP contribution is 2.25. The molecule has 8 nitrogen and oxygen atoms in total. The first kappa shape index (κ1) is 17.4. The number of benzene rings is 1. The molecule has 0 fully saturated rings. The Labute approximate surface area is 127 Å². The molecule has 0 aromatic heterocycles. The van der Waals surface area contributed by atoms with Crippen LogP contribution in [0.1, 0.15) is 25.7 Å². The maximum atomic E-state index is 11.5. The lowest BCUT2D eigenvalue weighted by atomic mass is 10.2. The van der Waals surface area contributed by atoms with Crippen molar-refractivity contribution in [2.45, 2.75) is 25.7 Å². The van der Waals surface area contributed by atoms with Crippen LogP contribution in [0.15, 0.2) is 24.3 Å². The fourth-order valence-corrected chi connectivity index (χ4v) is 1.73. The molecule has 0 unspecified atom stereocenters. The number of carbonyl (C=O) groups excluding carboxylic acids is 1. The maximum absolute atomic E-state index is 11.5. The van der Waals surface area contributed by atoms with Gasteiger partial charge in [0.2, 0.25) is 0 Å². The van der Waals surface area contributed by atoms with Crippen LogP contribution in [0.25, 0.3) is 0 Å². The molecule has 0 saturated carbocycles. The lowest BCUT2D eigenvalue weighted by Gasteiger charge is -2.07. The number of amides is 1. The molecule has 0 heterocycles. The molecule has 2 N–H and O–H groups in total. The van der Waals surface area contributed by atoms with E-state index in [2.05, 4.69) is 5.32 Å². The molecule has 22 heavy (non-hydrogen) atoms. The molecular weight excluding hydrogens is 292 g/mol. The smallest absolute Gasteiger partial charge is 0.310 e. The zero-order valence-electron chi connectivity index (χ0n) is 12.0. The van der Waals surface area contributed by atoms with E-state index in [1.165, 1.54) is 18.2 Å². The van der Waals surface area contributed by atoms with Crippen LogP contribution in [0.5, 0.6) is 5.75 Å². The van der Waals surface area contributed by atoms with E-state index >= 15 is 0 Å². The molecule has 120 valence electrons. The summed E-state index contributed by atoms with van der Waals surface area (Å²) < 4.78 is 5.14. The zero-order valence-corrected chi connectivity index (χ0v) is 12.0. The third-order valence-electron chi connectivity index (χ3n) is 2.81. The number of rotatable bonds is 10. The van der Waals surface area contributed by atoms with E-state index in [1.54, 1.807) is 6.07 Å². The number of unbranched alkanes of at least 4 members (excludes halogenated alkanes) is 2. The quantitative estimate of drug-likeness (QED) is 0.386. The van der Waals surface area contributed by atoms with Crippen LogP contribution in [0.3, 0.4) is 0 Å². The molecule has 1 aromatic rings. The average molecular weight is 310 g/mol. The summed E-state index contributed by atoms with van der Waals surface area (Å²) in [4.78, 5) is 32.0. The lowest BCUT2D eigenvalue weighted by molar-refractivity contribution is -0.385. The molecule has 1 amide bonds. The summed E-state index contributed by atoms with van der Waals surface area (Å²) in [5.41, 5.74) is -0.191. The Kier molecular flexibility index (Phi) is 7.38. The number of carbonyl (C=O) groups is 2. The third kappa shape index (κ3) is 6.69. The number of nitrogens with zero attached hydrogens (tertiary/aromatic N) is 1. The zero-order chi connectivity index (χ0) is 16.4. The van der Waals surface area contributed by atoms with Crippen LogP contribution in [0.2, 0.25) is 0 Å². The number of carboxylic acid groups (broad SMARTS) is 1. The molecule has 0 spiro atoms. The van der Waals surface area contributed by atoms with Crippen LogP contribution in [0.4, 0.5) is 5.69 Å². The van der Waals surface area contributed by atoms with Gasteiger partial charge in [-0.15, -0.1) is 0 Å². The van der Waals surface area contributed by atoms with E-state index in [9.17, 15) is 19.7 Å². The normalized spacial score (nSPS) is 10.0. The van der Waals surface area contributed by atoms with E-state index in [1.807, 2.05) is 0 Å². The fraction of sp³-hybridized carbons (Fsp3) is 0.429. The molecule has 1 rings (SSSR count). The number of aliphatic carboxylic acids is 1. The van der Waals surface area contributed by atoms with Gasteiger partial charge < -0.3 is 15.2 Å². The fourth-order valence-electron chi connectivity index (χ4n) is 1.73. The van der Waals surface area contributed by atoms with Gasteiger partial charge >= 0.3 is 11.7 Å². The first-order chi connectivity index (χ1) is 10.5. The van der Waals surface area contributed by atoms with Crippen molar-refractivity contribution in [2.24, 2.45) is 0 Å². The number of ether oxygens (including phenoxy) is 1. The van der Waals surface area contributed by atoms with Gasteiger partial charge in [0.1, 0.15) is 0 Å². The maximum Gasteiger partial charge on any atom is 0.310 e. The lowest BCUT2D eigenvalue weighted by Crippen LogP contribution is -2.29. The molecule has 0 aliphatic carbocycles. The Bertz CT molecular complexity index is 532. The molecular formula is C14H18N2O6. The van der Waals surface area contributed by atoms with Gasteiger partial charge in [0.25, 0.3) is 5.91 Å². The predicted octanol–water partition coefficient (Wildman–Crippen LogP) is 1.73. The molecule has 0 bridgehead atoms. The van der Waals surface area contributed by atoms with Gasteiger partial charge in [-0.3, -0.25) is 19.7 Å². The Morgan fingerprint density at radius 2 is 1.95 bits per heavy atom. The molecule has 0 saturated heterocycles. The van der Waals surface area contributed by atoms with E-state index in [4.69, 9.17) is 9.84 Å². The van der Waals surface area contributed by atoms with Gasteiger partial charge in [-0.1, -0.05) is 18.6 Å². The number of carboxylic acids is 1. The number of para-hydroxylation sites is 2. The minimum atomic E-state index is -0.832. The number of nitro groups is 1. The van der Waals surface area contributed by atoms with Crippen molar-refractivity contribution in [1.29, 1.82) is 0 Å². The minimum absolute atomic E-state index is 0.0455. The van der Waals surface area contributed by atoms with Gasteiger partial charge in [0.15, 0.2) is 12.4 Å². The van der Waals surface area contributed by atoms with Crippen LogP contribution in [-0.4, -0.2) is 35.1 Å². The predicted molar refractivity (Wildman–Crippen MR) is 77.7 cm³/mol. The largest absolute Gasteiger partial charge is 0.481 e. The average Bonchev–Trinajstić information content (AvgIpc) is 2.48. The van der Waals surface area contributed by atoms with Crippen LogP contribution < -0.4 is 10.1 Å². The van der Waals surface area contributed by atoms with E-state index in [-0.39, 0.29) is 30.4 Å². The summed E-state index contributed by atoms with van der Waals surface area (Å²) in [5, 5.41) is 21.8. The molecule has 8 heteroatoms. The van der Waals surface area contributed by atoms with E-state index in [0.717, 1.165) is 0 Å². The first-order valence-corrected chi connectivity index (χ1v) is 6.85. The van der Waals surface area contributed by atoms with Crippen LogP contribution in [0, 0.1) is 10.1 Å². The number of nitrogens with one attached hydrogen (secondary N) is 1. The van der Waals surface area contributed by atoms with Crippen molar-refractivity contribution in [3.8, 4) is 5.75 Å². The van der Waals surface area contributed by atoms with Crippen molar-refractivity contribution in [1.82, 2.24) is 5.32 Å². The van der Waals surface area contributed by atoms with Crippen molar-refractivity contribution in [2.75, 3.05) is 13.2 Å². The van der Waals surface area contributed by atoms with Crippen molar-refractivity contribution in [3.63, 3.8) is 0 Å². The topological polar surface area (TPSA) is 119 Å². The second kappa shape index (κ2) is 9.32. The summed E-state index contributed by atoms with van der Waals surface area (Å²) in [5.74, 6) is -1.16. The van der Waals surface area contributed by atoms with Gasteiger partial charge in [0, 0.05) is 19.0 Å². The van der Waals surface area contributed by atoms with Crippen molar-refractivity contribution in [3.05, 3.63) is 34.4 Å². The van der Waals surface area contributed by atoms with Gasteiger partial charge in [-0.2, -0.15) is 0 Å². The van der Waals surface area contributed by atoms with Crippen LogP contribution >= 0.6 is 0 Å². The summed E-state index contributed by atoms with van der Waals surface area (Å²) >= 11 is 0. The van der Waals surface area contributed by atoms with Gasteiger partial charge in [-0.25, -0.2) is 0 Å². The second-order valence-electron chi connectivity index (χ2n) is 4.57. The molecule has 1 aromatic carbocycles. The monoisotopic (exact) mass is 310 g/mol. The molecule has 0 aliphatic heterocycles. The summed E-state index contributed by atoms with van der Waals surface area (Å²) in [7, 11) is 0. The highest BCUT2D eigenvalue weighted by molar-refractivity contribution is 5.77. The third-order valence-corrected chi connectivity index (χ3v) is 2.81. The Morgan fingerprint density at radius 3 is 2.64 bits per heavy atom. The minimum Gasteiger partial charge on any atom is -0.481 e. The van der Waals surface area contributed by atoms with Gasteiger partial charge in [0.05, 0.1) is 4.92 Å². The Balaban J connectivity index is 2.24. The Hall–Kier alpha value is -2.64. The van der Waals surface area contributed by atoms with E-state index in [0.29, 0.717) is 25.8 Å². The van der Waals surface area contributed by atoms with Crippen molar-refractivity contribution < 1.29 is 24.4 Å². The molecule has 0 radical (unpaired) electrons. The Morgan fingerprint density at radius 1 is 1.23 bits per heavy atom. The highest BCUT2D eigenvalue weighted by atomic mass is 16.6. The van der Waals surface area contributed by atoms with E-state index < -0.39 is 10.9 Å². The van der Waals surface area contributed by atoms with Gasteiger partial charge in [-0.05, 0) is 18.9 Å². The standard InChI is InChI=1S/C14H18N2O6/c17-13(15-9-5-1-2-8-14(18)19)10-22-12-7-4-3-6-11(12)16(20)21/h3-4,6-7H,1-2,5,8-10H2,(H,15,17)(H,18,19). The number of nitro benzene ring substituents is 1. The number of hydrogen-bond acceptors (Lipinski definition) is 5. The molecule has 0 atom stereocenters. The second-order valence-corrected chi connectivity index (χ2v) is 4.57.